The number of ether oxygens (including phenoxy) is 8. The maximum absolute atomic E-state index is 12.1. The molecule has 44 heavy (non-hydrogen) atoms. The van der Waals surface area contributed by atoms with Crippen molar-refractivity contribution >= 4 is 29.4 Å². The van der Waals surface area contributed by atoms with Crippen LogP contribution in [0, 0.1) is 0 Å². The number of Topliss-reactive ketones (excluding diaryl/α,β-unsaturated/α-hetero) is 1. The molecule has 1 rings (SSSR count). The largest absolute Gasteiger partial charge is 0.476 e. The lowest BCUT2D eigenvalue weighted by molar-refractivity contribution is -0.151. The van der Waals surface area contributed by atoms with Gasteiger partial charge in [0.05, 0.1) is 91.3 Å². The second-order valence-electron chi connectivity index (χ2n) is 9.12. The van der Waals surface area contributed by atoms with Crippen molar-refractivity contribution in [3.05, 3.63) is 29.8 Å². The summed E-state index contributed by atoms with van der Waals surface area (Å²) >= 11 is 0. The van der Waals surface area contributed by atoms with E-state index in [0.717, 1.165) is 25.1 Å². The summed E-state index contributed by atoms with van der Waals surface area (Å²) in [5, 5.41) is 11.7. The minimum Gasteiger partial charge on any atom is -0.476 e. The van der Waals surface area contributed by atoms with E-state index < -0.39 is 17.7 Å². The molecular formula is C30H47NO13. The lowest BCUT2D eigenvalue weighted by Gasteiger charge is -2.09. The number of hydrogen-bond acceptors (Lipinski definition) is 13. The second-order valence-corrected chi connectivity index (χ2v) is 9.12. The maximum atomic E-state index is 12.1. The van der Waals surface area contributed by atoms with Crippen LogP contribution in [-0.2, 0) is 52.3 Å². The van der Waals surface area contributed by atoms with Crippen molar-refractivity contribution in [3.8, 4) is 0 Å². The molecule has 0 saturated carbocycles. The van der Waals surface area contributed by atoms with E-state index in [0.29, 0.717) is 71.6 Å². The van der Waals surface area contributed by atoms with Gasteiger partial charge in [0, 0.05) is 18.7 Å². The number of benzene rings is 1. The van der Waals surface area contributed by atoms with E-state index in [1.807, 2.05) is 12.1 Å². The van der Waals surface area contributed by atoms with E-state index in [4.69, 9.17) is 43.0 Å². The molecule has 0 heterocycles. The summed E-state index contributed by atoms with van der Waals surface area (Å²) in [6.07, 6.45) is 1.55. The van der Waals surface area contributed by atoms with Crippen molar-refractivity contribution in [2.75, 3.05) is 104 Å². The summed E-state index contributed by atoms with van der Waals surface area (Å²) < 4.78 is 42.3. The van der Waals surface area contributed by atoms with Crippen LogP contribution in [-0.4, -0.2) is 128 Å². The highest BCUT2D eigenvalue weighted by atomic mass is 16.6. The average molecular weight is 630 g/mol. The fourth-order valence-electron chi connectivity index (χ4n) is 3.22. The van der Waals surface area contributed by atoms with Crippen LogP contribution in [0.3, 0.4) is 0 Å². The summed E-state index contributed by atoms with van der Waals surface area (Å²) in [6.45, 7) is 7.62. The van der Waals surface area contributed by atoms with E-state index in [1.165, 1.54) is 0 Å². The van der Waals surface area contributed by atoms with E-state index in [2.05, 4.69) is 12.2 Å². The number of aliphatic carboxylic acids is 1. The normalized spacial score (nSPS) is 10.8. The first-order chi connectivity index (χ1) is 21.4. The molecule has 0 aliphatic heterocycles. The van der Waals surface area contributed by atoms with E-state index in [-0.39, 0.29) is 45.2 Å². The van der Waals surface area contributed by atoms with Crippen LogP contribution < -0.4 is 5.32 Å². The van der Waals surface area contributed by atoms with Crippen molar-refractivity contribution in [3.63, 3.8) is 0 Å². The molecular weight excluding hydrogens is 582 g/mol. The molecule has 250 valence electrons. The zero-order valence-electron chi connectivity index (χ0n) is 25.6. The van der Waals surface area contributed by atoms with Crippen molar-refractivity contribution in [1.29, 1.82) is 0 Å². The monoisotopic (exact) mass is 629 g/mol. The molecule has 0 aromatic heterocycles. The summed E-state index contributed by atoms with van der Waals surface area (Å²) in [7, 11) is 0. The maximum Gasteiger partial charge on any atom is 0.372 e. The molecule has 0 fully saturated rings. The second kappa shape index (κ2) is 27.4. The fraction of sp³-hybridized carbons (Fsp3) is 0.667. The number of carbonyl (C=O) groups excluding carboxylic acids is 3. The standard InChI is InChI=1S/C30H47NO13/c1-2-3-10-31-26-6-4-25(5-7-26)30(36)44-24-22-42-20-18-40-16-14-38-12-11-37-13-15-39-17-19-41-21-23-43-28(33)9-8-27(32)29(34)35/h4-7,31H,2-3,8-24H2,1H3,(H,34,35). The van der Waals surface area contributed by atoms with Crippen LogP contribution in [0.4, 0.5) is 5.69 Å². The van der Waals surface area contributed by atoms with Crippen molar-refractivity contribution < 1.29 is 62.2 Å². The van der Waals surface area contributed by atoms with Gasteiger partial charge in [-0.05, 0) is 30.7 Å². The van der Waals surface area contributed by atoms with E-state index >= 15 is 0 Å². The number of carbonyl (C=O) groups is 4. The first-order valence-electron chi connectivity index (χ1n) is 14.8. The zero-order chi connectivity index (χ0) is 32.1. The predicted octanol–water partition coefficient (Wildman–Crippen LogP) is 2.13. The topological polar surface area (TPSA) is 174 Å². The number of unbranched alkanes of at least 4 members (excludes halogenated alkanes) is 1. The molecule has 0 bridgehead atoms. The van der Waals surface area contributed by atoms with Gasteiger partial charge in [0.2, 0.25) is 5.78 Å². The first kappa shape index (κ1) is 38.9. The molecule has 0 amide bonds. The van der Waals surface area contributed by atoms with Gasteiger partial charge in [0.15, 0.2) is 0 Å². The van der Waals surface area contributed by atoms with Gasteiger partial charge in [-0.15, -0.1) is 0 Å². The number of carboxylic acids is 1. The van der Waals surface area contributed by atoms with Crippen LogP contribution in [0.2, 0.25) is 0 Å². The number of carboxylic acid groups (broad SMARTS) is 1. The smallest absolute Gasteiger partial charge is 0.372 e. The predicted molar refractivity (Wildman–Crippen MR) is 158 cm³/mol. The highest BCUT2D eigenvalue weighted by Crippen LogP contribution is 2.11. The van der Waals surface area contributed by atoms with E-state index in [9.17, 15) is 19.2 Å². The summed E-state index contributed by atoms with van der Waals surface area (Å²) in [5.74, 6) is -3.63. The molecule has 0 atom stereocenters. The Morgan fingerprint density at radius 2 is 1.05 bits per heavy atom. The van der Waals surface area contributed by atoms with Gasteiger partial charge < -0.3 is 48.3 Å². The van der Waals surface area contributed by atoms with Crippen LogP contribution >= 0.6 is 0 Å². The highest BCUT2D eigenvalue weighted by molar-refractivity contribution is 6.32. The molecule has 2 N–H and O–H groups in total. The minimum absolute atomic E-state index is 0.00872. The van der Waals surface area contributed by atoms with Crippen molar-refractivity contribution in [2.45, 2.75) is 32.6 Å². The molecule has 0 radical (unpaired) electrons. The van der Waals surface area contributed by atoms with E-state index in [1.54, 1.807) is 12.1 Å². The Bertz CT molecular complexity index is 911. The molecule has 0 saturated heterocycles. The molecule has 1 aromatic rings. The molecule has 0 spiro atoms. The lowest BCUT2D eigenvalue weighted by Crippen LogP contribution is -2.17. The third-order valence-corrected chi connectivity index (χ3v) is 5.59. The Morgan fingerprint density at radius 3 is 1.48 bits per heavy atom. The van der Waals surface area contributed by atoms with Gasteiger partial charge in [-0.25, -0.2) is 9.59 Å². The minimum atomic E-state index is -1.57. The molecule has 14 heteroatoms. The molecule has 0 unspecified atom stereocenters. The quantitative estimate of drug-likeness (QED) is 0.0719. The van der Waals surface area contributed by atoms with Gasteiger partial charge in [-0.3, -0.25) is 9.59 Å². The number of esters is 2. The zero-order valence-corrected chi connectivity index (χ0v) is 25.6. The lowest BCUT2D eigenvalue weighted by atomic mass is 10.2. The van der Waals surface area contributed by atoms with Crippen molar-refractivity contribution in [2.24, 2.45) is 0 Å². The van der Waals surface area contributed by atoms with Gasteiger partial charge in [-0.1, -0.05) is 13.3 Å². The SMILES string of the molecule is CCCCNc1ccc(C(=O)OCCOCCOCCOCCOCCOCCOCCOC(=O)CCC(=O)C(=O)O)cc1. The summed E-state index contributed by atoms with van der Waals surface area (Å²) in [4.78, 5) is 44.7. The van der Waals surface area contributed by atoms with Crippen molar-refractivity contribution in [1.82, 2.24) is 0 Å². The van der Waals surface area contributed by atoms with Gasteiger partial charge >= 0.3 is 17.9 Å². The molecule has 0 aliphatic carbocycles. The Balaban J connectivity index is 1.78. The van der Waals surface area contributed by atoms with Crippen LogP contribution in [0.15, 0.2) is 24.3 Å². The Hall–Kier alpha value is -3.14. The molecule has 14 nitrogen and oxygen atoms in total. The Labute approximate surface area is 258 Å². The van der Waals surface area contributed by atoms with Gasteiger partial charge in [-0.2, -0.15) is 0 Å². The Morgan fingerprint density at radius 1 is 0.614 bits per heavy atom. The number of rotatable bonds is 30. The van der Waals surface area contributed by atoms with Gasteiger partial charge in [0.25, 0.3) is 0 Å². The number of anilines is 1. The molecule has 0 aliphatic rings. The third kappa shape index (κ3) is 22.4. The van der Waals surface area contributed by atoms with Crippen LogP contribution in [0.25, 0.3) is 0 Å². The number of nitrogens with one attached hydrogen (secondary N) is 1. The fourth-order valence-corrected chi connectivity index (χ4v) is 3.22. The van der Waals surface area contributed by atoms with Crippen LogP contribution in [0.1, 0.15) is 43.0 Å². The first-order valence-corrected chi connectivity index (χ1v) is 14.8. The summed E-state index contributed by atoms with van der Waals surface area (Å²) in [6, 6.07) is 7.22. The van der Waals surface area contributed by atoms with Crippen LogP contribution in [0.5, 0.6) is 0 Å². The Kier molecular flexibility index (Phi) is 24.2. The highest BCUT2D eigenvalue weighted by Gasteiger charge is 2.14. The molecule has 1 aromatic carbocycles. The average Bonchev–Trinajstić information content (AvgIpc) is 3.02. The third-order valence-electron chi connectivity index (χ3n) is 5.59. The number of hydrogen-bond donors (Lipinski definition) is 2. The number of ketones is 1. The van der Waals surface area contributed by atoms with Gasteiger partial charge in [0.1, 0.15) is 13.2 Å². The summed E-state index contributed by atoms with van der Waals surface area (Å²) in [5.41, 5.74) is 1.48.